The first-order valence-corrected chi connectivity index (χ1v) is 14.9. The van der Waals surface area contributed by atoms with Crippen LogP contribution in [-0.4, -0.2) is 34.0 Å². The Labute approximate surface area is 219 Å². The number of hydrogen-bond donors (Lipinski definition) is 0. The minimum absolute atomic E-state index is 0.0667. The van der Waals surface area contributed by atoms with Crippen LogP contribution >= 0.6 is 57.1 Å². The minimum Gasteiger partial charge on any atom is -0.495 e. The molecule has 0 spiro atoms. The van der Waals surface area contributed by atoms with Crippen LogP contribution in [0.2, 0.25) is 0 Å². The number of thioether (sulfide) groups is 1. The molecule has 0 bridgehead atoms. The maximum absolute atomic E-state index is 6.09. The smallest absolute Gasteiger partial charge is 0.138 e. The molecule has 0 saturated heterocycles. The summed E-state index contributed by atoms with van der Waals surface area (Å²) in [6, 6.07) is 6.11. The van der Waals surface area contributed by atoms with Gasteiger partial charge in [-0.05, 0) is 58.3 Å². The lowest BCUT2D eigenvalue weighted by Crippen LogP contribution is -2.28. The third-order valence-electron chi connectivity index (χ3n) is 5.97. The lowest BCUT2D eigenvalue weighted by Gasteiger charge is -2.30. The van der Waals surface area contributed by atoms with Crippen molar-refractivity contribution in [2.75, 3.05) is 28.4 Å². The van der Waals surface area contributed by atoms with Crippen molar-refractivity contribution in [1.29, 1.82) is 0 Å². The third-order valence-corrected chi connectivity index (χ3v) is 11.5. The third kappa shape index (κ3) is 3.83. The summed E-state index contributed by atoms with van der Waals surface area (Å²) in [5.41, 5.74) is 1.99. The molecule has 4 aromatic rings. The van der Waals surface area contributed by atoms with E-state index in [0.717, 1.165) is 31.9 Å². The zero-order chi connectivity index (χ0) is 23.9. The fourth-order valence-corrected chi connectivity index (χ4v) is 9.92. The van der Waals surface area contributed by atoms with Crippen LogP contribution in [0.25, 0.3) is 29.9 Å². The van der Waals surface area contributed by atoms with E-state index >= 15 is 0 Å². The van der Waals surface area contributed by atoms with Crippen molar-refractivity contribution in [1.82, 2.24) is 0 Å². The van der Waals surface area contributed by atoms with Crippen LogP contribution in [0, 0.1) is 0 Å². The summed E-state index contributed by atoms with van der Waals surface area (Å²) in [7, 11) is 6.98. The molecule has 5 rings (SSSR count). The average molecular weight is 549 g/mol. The quantitative estimate of drug-likeness (QED) is 0.220. The Morgan fingerprint density at radius 1 is 0.706 bits per heavy atom. The summed E-state index contributed by atoms with van der Waals surface area (Å²) in [6.07, 6.45) is 2.16. The van der Waals surface area contributed by atoms with Crippen LogP contribution in [0.4, 0.5) is 0 Å². The van der Waals surface area contributed by atoms with Crippen LogP contribution in [0.15, 0.2) is 45.8 Å². The average Bonchev–Trinajstić information content (AvgIpc) is 3.66. The Morgan fingerprint density at radius 2 is 1.24 bits per heavy atom. The Kier molecular flexibility index (Phi) is 6.85. The normalized spacial score (nSPS) is 19.6. The van der Waals surface area contributed by atoms with Crippen molar-refractivity contribution in [3.05, 3.63) is 51.4 Å². The Morgan fingerprint density at radius 3 is 1.79 bits per heavy atom. The van der Waals surface area contributed by atoms with Crippen molar-refractivity contribution < 1.29 is 18.9 Å². The SMILES string of the molecule is COc1ccsc1-c1sc(-c2sccc2OC)c(C2SC=CC2(C)OC)c1-c1sccc1OC. The van der Waals surface area contributed by atoms with Gasteiger partial charge in [-0.3, -0.25) is 0 Å². The molecule has 0 radical (unpaired) electrons. The van der Waals surface area contributed by atoms with Gasteiger partial charge < -0.3 is 18.9 Å². The molecule has 2 unspecified atom stereocenters. The van der Waals surface area contributed by atoms with Crippen LogP contribution in [0.1, 0.15) is 17.7 Å². The molecule has 178 valence electrons. The molecule has 34 heavy (non-hydrogen) atoms. The first-order chi connectivity index (χ1) is 16.6. The standard InChI is InChI=1S/C25H24O4S5/c1-25(29-5)9-13-33-24(25)18-17(19-14(26-2)6-10-30-19)22(20-15(27-3)7-11-31-20)34-23(18)21-16(28-4)8-12-32-21/h6-13,24H,1-5H3. The second kappa shape index (κ2) is 9.72. The molecule has 1 aliphatic heterocycles. The fraction of sp³-hybridized carbons (Fsp3) is 0.280. The largest absolute Gasteiger partial charge is 0.495 e. The minimum atomic E-state index is -0.443. The Balaban J connectivity index is 1.89. The number of ether oxygens (including phenoxy) is 4. The molecule has 0 aliphatic carbocycles. The second-order valence-electron chi connectivity index (χ2n) is 7.71. The van der Waals surface area contributed by atoms with E-state index < -0.39 is 5.60 Å². The van der Waals surface area contributed by atoms with Gasteiger partial charge in [-0.1, -0.05) is 0 Å². The number of rotatable bonds is 8. The molecule has 0 amide bonds. The van der Waals surface area contributed by atoms with Gasteiger partial charge >= 0.3 is 0 Å². The number of methoxy groups -OCH3 is 4. The second-order valence-corrected chi connectivity index (χ2v) is 12.5. The summed E-state index contributed by atoms with van der Waals surface area (Å²) in [5.74, 6) is 2.64. The molecule has 5 heterocycles. The molecule has 0 N–H and O–H groups in total. The fourth-order valence-electron chi connectivity index (χ4n) is 4.14. The monoisotopic (exact) mass is 548 g/mol. The molecule has 9 heteroatoms. The predicted molar refractivity (Wildman–Crippen MR) is 149 cm³/mol. The van der Waals surface area contributed by atoms with E-state index in [1.54, 1.807) is 85.5 Å². The van der Waals surface area contributed by atoms with Gasteiger partial charge in [-0.15, -0.1) is 57.1 Å². The summed E-state index contributed by atoms with van der Waals surface area (Å²) in [5, 5.41) is 8.48. The van der Waals surface area contributed by atoms with Gasteiger partial charge in [0.2, 0.25) is 0 Å². The van der Waals surface area contributed by atoms with Gasteiger partial charge in [-0.25, -0.2) is 0 Å². The topological polar surface area (TPSA) is 36.9 Å². The van der Waals surface area contributed by atoms with E-state index in [0.29, 0.717) is 0 Å². The molecule has 0 aromatic carbocycles. The molecule has 0 fully saturated rings. The van der Waals surface area contributed by atoms with Gasteiger partial charge in [0, 0.05) is 12.7 Å². The van der Waals surface area contributed by atoms with Gasteiger partial charge in [-0.2, -0.15) is 0 Å². The Bertz CT molecular complexity index is 1330. The zero-order valence-corrected chi connectivity index (χ0v) is 23.5. The van der Waals surface area contributed by atoms with Crippen molar-refractivity contribution >= 4 is 57.1 Å². The molecule has 0 saturated carbocycles. The van der Waals surface area contributed by atoms with Crippen LogP contribution < -0.4 is 14.2 Å². The molecule has 4 aromatic heterocycles. The highest BCUT2D eigenvalue weighted by atomic mass is 32.2. The number of thiophene rings is 4. The van der Waals surface area contributed by atoms with Crippen molar-refractivity contribution in [2.45, 2.75) is 17.8 Å². The van der Waals surface area contributed by atoms with Gasteiger partial charge in [0.25, 0.3) is 0 Å². The first kappa shape index (κ1) is 24.0. The van der Waals surface area contributed by atoms with E-state index in [9.17, 15) is 0 Å². The molecule has 1 aliphatic rings. The van der Waals surface area contributed by atoms with Crippen LogP contribution in [0.5, 0.6) is 17.2 Å². The molecule has 4 nitrogen and oxygen atoms in total. The van der Waals surface area contributed by atoms with E-state index in [4.69, 9.17) is 18.9 Å². The Hall–Kier alpha value is -1.75. The van der Waals surface area contributed by atoms with Crippen molar-refractivity contribution in [3.63, 3.8) is 0 Å². The maximum atomic E-state index is 6.09. The highest BCUT2D eigenvalue weighted by molar-refractivity contribution is 8.02. The lowest BCUT2D eigenvalue weighted by molar-refractivity contribution is 0.0492. The lowest BCUT2D eigenvalue weighted by atomic mass is 9.91. The highest BCUT2D eigenvalue weighted by Crippen LogP contribution is 2.62. The zero-order valence-electron chi connectivity index (χ0n) is 19.4. The highest BCUT2D eigenvalue weighted by Gasteiger charge is 2.43. The van der Waals surface area contributed by atoms with Gasteiger partial charge in [0.05, 0.1) is 51.0 Å². The summed E-state index contributed by atoms with van der Waals surface area (Å²) < 4.78 is 23.4. The van der Waals surface area contributed by atoms with Crippen molar-refractivity contribution in [2.24, 2.45) is 0 Å². The van der Waals surface area contributed by atoms with Crippen LogP contribution in [-0.2, 0) is 4.74 Å². The summed E-state index contributed by atoms with van der Waals surface area (Å²) in [6.45, 7) is 2.15. The first-order valence-electron chi connectivity index (χ1n) is 10.5. The number of hydrogen-bond acceptors (Lipinski definition) is 9. The van der Waals surface area contributed by atoms with Gasteiger partial charge in [0.1, 0.15) is 22.8 Å². The molecular weight excluding hydrogens is 525 g/mol. The molecular formula is C25H24O4S5. The van der Waals surface area contributed by atoms with Crippen molar-refractivity contribution in [3.8, 4) is 47.2 Å². The van der Waals surface area contributed by atoms with Gasteiger partial charge in [0.15, 0.2) is 0 Å². The van der Waals surface area contributed by atoms with E-state index in [2.05, 4.69) is 34.5 Å². The predicted octanol–water partition coefficient (Wildman–Crippen LogP) is 8.67. The van der Waals surface area contributed by atoms with E-state index in [-0.39, 0.29) is 5.25 Å². The summed E-state index contributed by atoms with van der Waals surface area (Å²) >= 11 is 8.69. The molecule has 2 atom stereocenters. The summed E-state index contributed by atoms with van der Waals surface area (Å²) in [4.78, 5) is 5.75. The maximum Gasteiger partial charge on any atom is 0.138 e. The van der Waals surface area contributed by atoms with Crippen LogP contribution in [0.3, 0.4) is 0 Å². The van der Waals surface area contributed by atoms with E-state index in [1.165, 1.54) is 20.9 Å². The van der Waals surface area contributed by atoms with E-state index in [1.807, 2.05) is 18.2 Å².